The standard InChI is InChI=1S/C27H38N4O4/c1-20-7-8-23(27(33)31-15-13-29(14-16-31)17-18-34-2)25(28-20)21-9-11-30(12-10-21)19-22-5-4-6-24(35-3)26(22)32/h4-8,21,32H,9-19H2,1-3H3. The van der Waals surface area contributed by atoms with Crippen LogP contribution in [-0.2, 0) is 11.3 Å². The molecule has 1 aromatic carbocycles. The van der Waals surface area contributed by atoms with Crippen molar-refractivity contribution in [1.82, 2.24) is 19.7 Å². The van der Waals surface area contributed by atoms with Crippen molar-refractivity contribution in [2.24, 2.45) is 0 Å². The number of para-hydroxylation sites is 1. The Bertz CT molecular complexity index is 999. The summed E-state index contributed by atoms with van der Waals surface area (Å²) in [6, 6.07) is 9.54. The van der Waals surface area contributed by atoms with Crippen LogP contribution in [0.1, 0.15) is 46.1 Å². The molecule has 0 atom stereocenters. The molecule has 1 aromatic heterocycles. The average Bonchev–Trinajstić information content (AvgIpc) is 2.89. The topological polar surface area (TPSA) is 78.4 Å². The third-order valence-corrected chi connectivity index (χ3v) is 7.24. The molecule has 4 rings (SSSR count). The van der Waals surface area contributed by atoms with Crippen LogP contribution in [0.5, 0.6) is 11.5 Å². The van der Waals surface area contributed by atoms with Gasteiger partial charge < -0.3 is 19.5 Å². The second-order valence-electron chi connectivity index (χ2n) is 9.53. The Kier molecular flexibility index (Phi) is 8.59. The van der Waals surface area contributed by atoms with Gasteiger partial charge in [-0.25, -0.2) is 0 Å². The number of methoxy groups -OCH3 is 2. The van der Waals surface area contributed by atoms with Gasteiger partial charge >= 0.3 is 0 Å². The molecule has 2 saturated heterocycles. The van der Waals surface area contributed by atoms with E-state index in [1.165, 1.54) is 0 Å². The van der Waals surface area contributed by atoms with Gasteiger partial charge in [0.2, 0.25) is 0 Å². The highest BCUT2D eigenvalue weighted by Crippen LogP contribution is 2.34. The number of likely N-dealkylation sites (tertiary alicyclic amines) is 1. The Morgan fingerprint density at radius 3 is 2.46 bits per heavy atom. The van der Waals surface area contributed by atoms with Crippen molar-refractivity contribution in [3.8, 4) is 11.5 Å². The van der Waals surface area contributed by atoms with Crippen molar-refractivity contribution in [2.45, 2.75) is 32.2 Å². The molecule has 2 fully saturated rings. The van der Waals surface area contributed by atoms with Crippen LogP contribution in [-0.4, -0.2) is 97.3 Å². The third kappa shape index (κ3) is 6.12. The lowest BCUT2D eigenvalue weighted by atomic mass is 9.89. The third-order valence-electron chi connectivity index (χ3n) is 7.24. The number of benzene rings is 1. The zero-order chi connectivity index (χ0) is 24.8. The highest BCUT2D eigenvalue weighted by atomic mass is 16.5. The van der Waals surface area contributed by atoms with E-state index in [4.69, 9.17) is 14.5 Å². The fraction of sp³-hybridized carbons (Fsp3) is 0.556. The average molecular weight is 483 g/mol. The quantitative estimate of drug-likeness (QED) is 0.620. The van der Waals surface area contributed by atoms with E-state index in [1.807, 2.05) is 36.1 Å². The molecule has 0 spiro atoms. The number of carbonyl (C=O) groups is 1. The van der Waals surface area contributed by atoms with Gasteiger partial charge in [0.25, 0.3) is 5.91 Å². The summed E-state index contributed by atoms with van der Waals surface area (Å²) in [7, 11) is 3.29. The van der Waals surface area contributed by atoms with E-state index >= 15 is 0 Å². The summed E-state index contributed by atoms with van der Waals surface area (Å²) in [5.41, 5.74) is 3.52. The number of rotatable bonds is 8. The first-order chi connectivity index (χ1) is 17.0. The predicted octanol–water partition coefficient (Wildman–Crippen LogP) is 2.89. The number of hydrogen-bond acceptors (Lipinski definition) is 7. The van der Waals surface area contributed by atoms with Gasteiger partial charge in [-0.1, -0.05) is 12.1 Å². The molecule has 0 bridgehead atoms. The van der Waals surface area contributed by atoms with E-state index in [0.717, 1.165) is 87.8 Å². The summed E-state index contributed by atoms with van der Waals surface area (Å²) >= 11 is 0. The smallest absolute Gasteiger partial charge is 0.255 e. The normalized spacial score (nSPS) is 18.1. The van der Waals surface area contributed by atoms with E-state index in [1.54, 1.807) is 20.3 Å². The van der Waals surface area contributed by atoms with Crippen LogP contribution in [0, 0.1) is 6.92 Å². The molecule has 35 heavy (non-hydrogen) atoms. The van der Waals surface area contributed by atoms with Crippen LogP contribution in [0.25, 0.3) is 0 Å². The Balaban J connectivity index is 1.40. The van der Waals surface area contributed by atoms with Gasteiger partial charge in [-0.3, -0.25) is 19.6 Å². The highest BCUT2D eigenvalue weighted by molar-refractivity contribution is 5.95. The molecule has 2 aliphatic rings. The number of aromatic nitrogens is 1. The molecule has 2 aromatic rings. The van der Waals surface area contributed by atoms with Crippen molar-refractivity contribution >= 4 is 5.91 Å². The first-order valence-electron chi connectivity index (χ1n) is 12.6. The van der Waals surface area contributed by atoms with E-state index in [0.29, 0.717) is 12.3 Å². The molecule has 1 N–H and O–H groups in total. The highest BCUT2D eigenvalue weighted by Gasteiger charge is 2.29. The molecule has 8 heteroatoms. The molecule has 0 unspecified atom stereocenters. The number of phenols is 1. The number of pyridine rings is 1. The number of piperidine rings is 1. The Hall–Kier alpha value is -2.68. The van der Waals surface area contributed by atoms with E-state index < -0.39 is 0 Å². The number of hydrogen-bond donors (Lipinski definition) is 1. The minimum absolute atomic E-state index is 0.0997. The number of ether oxygens (including phenoxy) is 2. The zero-order valence-corrected chi connectivity index (χ0v) is 21.2. The Morgan fingerprint density at radius 2 is 1.77 bits per heavy atom. The maximum absolute atomic E-state index is 13.5. The van der Waals surface area contributed by atoms with E-state index in [-0.39, 0.29) is 17.6 Å². The van der Waals surface area contributed by atoms with Crippen LogP contribution in [0.4, 0.5) is 0 Å². The minimum atomic E-state index is 0.0997. The molecule has 190 valence electrons. The molecule has 2 aliphatic heterocycles. The summed E-state index contributed by atoms with van der Waals surface area (Å²) in [6.07, 6.45) is 1.87. The van der Waals surface area contributed by atoms with Gasteiger partial charge in [0.15, 0.2) is 11.5 Å². The maximum Gasteiger partial charge on any atom is 0.255 e. The summed E-state index contributed by atoms with van der Waals surface area (Å²) in [5, 5.41) is 10.4. The summed E-state index contributed by atoms with van der Waals surface area (Å²) in [6.45, 7) is 9.29. The number of amides is 1. The first kappa shape index (κ1) is 25.4. The Labute approximate surface area is 208 Å². The maximum atomic E-state index is 13.5. The zero-order valence-electron chi connectivity index (χ0n) is 21.2. The summed E-state index contributed by atoms with van der Waals surface area (Å²) in [4.78, 5) is 25.0. The number of nitrogens with zero attached hydrogens (tertiary/aromatic N) is 4. The molecule has 8 nitrogen and oxygen atoms in total. The van der Waals surface area contributed by atoms with Crippen LogP contribution in [0.15, 0.2) is 30.3 Å². The van der Waals surface area contributed by atoms with Gasteiger partial charge in [0, 0.05) is 63.6 Å². The largest absolute Gasteiger partial charge is 0.504 e. The van der Waals surface area contributed by atoms with Crippen LogP contribution in [0.3, 0.4) is 0 Å². The predicted molar refractivity (Wildman–Crippen MR) is 135 cm³/mol. The van der Waals surface area contributed by atoms with Gasteiger partial charge in [0.05, 0.1) is 25.0 Å². The summed E-state index contributed by atoms with van der Waals surface area (Å²) in [5.74, 6) is 1.08. The van der Waals surface area contributed by atoms with Crippen molar-refractivity contribution in [2.75, 3.05) is 66.6 Å². The SMILES string of the molecule is COCCN1CCN(C(=O)c2ccc(C)nc2C2CCN(Cc3cccc(OC)c3O)CC2)CC1. The monoisotopic (exact) mass is 482 g/mol. The van der Waals surface area contributed by atoms with Gasteiger partial charge in [-0.15, -0.1) is 0 Å². The molecule has 1 amide bonds. The fourth-order valence-corrected chi connectivity index (χ4v) is 5.10. The number of phenolic OH excluding ortho intramolecular Hbond substituents is 1. The van der Waals surface area contributed by atoms with Crippen molar-refractivity contribution < 1.29 is 19.4 Å². The van der Waals surface area contributed by atoms with Crippen LogP contribution >= 0.6 is 0 Å². The van der Waals surface area contributed by atoms with Crippen LogP contribution in [0.2, 0.25) is 0 Å². The number of aromatic hydroxyl groups is 1. The van der Waals surface area contributed by atoms with Gasteiger partial charge in [-0.2, -0.15) is 0 Å². The number of carbonyl (C=O) groups excluding carboxylic acids is 1. The van der Waals surface area contributed by atoms with E-state index in [9.17, 15) is 9.90 Å². The molecule has 0 saturated carbocycles. The Morgan fingerprint density at radius 1 is 1.03 bits per heavy atom. The fourth-order valence-electron chi connectivity index (χ4n) is 5.10. The van der Waals surface area contributed by atoms with Gasteiger partial charge in [-0.05, 0) is 51.1 Å². The van der Waals surface area contributed by atoms with Crippen molar-refractivity contribution in [3.63, 3.8) is 0 Å². The molecule has 0 aliphatic carbocycles. The molecule has 0 radical (unpaired) electrons. The second kappa shape index (κ2) is 11.8. The first-order valence-corrected chi connectivity index (χ1v) is 12.6. The summed E-state index contributed by atoms with van der Waals surface area (Å²) < 4.78 is 10.4. The number of piperazine rings is 1. The van der Waals surface area contributed by atoms with Crippen molar-refractivity contribution in [3.05, 3.63) is 52.8 Å². The second-order valence-corrected chi connectivity index (χ2v) is 9.53. The van der Waals surface area contributed by atoms with E-state index in [2.05, 4.69) is 9.80 Å². The minimum Gasteiger partial charge on any atom is -0.504 e. The lowest BCUT2D eigenvalue weighted by Gasteiger charge is -2.36. The molecular formula is C27H38N4O4. The van der Waals surface area contributed by atoms with Gasteiger partial charge in [0.1, 0.15) is 0 Å². The molecule has 3 heterocycles. The molecular weight excluding hydrogens is 444 g/mol. The van der Waals surface area contributed by atoms with Crippen molar-refractivity contribution in [1.29, 1.82) is 0 Å². The lowest BCUT2D eigenvalue weighted by Crippen LogP contribution is -2.49. The van der Waals surface area contributed by atoms with Crippen LogP contribution < -0.4 is 4.74 Å². The number of aryl methyl sites for hydroxylation is 1. The lowest BCUT2D eigenvalue weighted by molar-refractivity contribution is 0.0591.